The second-order valence-corrected chi connectivity index (χ2v) is 5.22. The minimum Gasteiger partial charge on any atom is -0.334 e. The maximum absolute atomic E-state index is 14.2. The van der Waals surface area contributed by atoms with E-state index in [-0.39, 0.29) is 17.7 Å². The molecule has 0 aliphatic heterocycles. The van der Waals surface area contributed by atoms with E-state index in [0.29, 0.717) is 0 Å². The third-order valence-electron chi connectivity index (χ3n) is 3.20. The predicted octanol–water partition coefficient (Wildman–Crippen LogP) is 3.96. The van der Waals surface area contributed by atoms with Gasteiger partial charge in [0.1, 0.15) is 5.82 Å². The molecule has 2 nitrogen and oxygen atoms in total. The van der Waals surface area contributed by atoms with Gasteiger partial charge in [0.25, 0.3) is 0 Å². The summed E-state index contributed by atoms with van der Waals surface area (Å²) >= 11 is 0. The maximum atomic E-state index is 14.2. The molecule has 2 aromatic rings. The SMILES string of the molecule is CC(C)c1c(F)cc2c(ncn2C)c1C(C)C. The Labute approximate surface area is 101 Å². The van der Waals surface area contributed by atoms with Gasteiger partial charge in [0, 0.05) is 13.1 Å². The van der Waals surface area contributed by atoms with Crippen molar-refractivity contribution >= 4 is 11.0 Å². The average molecular weight is 234 g/mol. The number of nitrogens with zero attached hydrogens (tertiary/aromatic N) is 2. The van der Waals surface area contributed by atoms with E-state index in [0.717, 1.165) is 22.2 Å². The Morgan fingerprint density at radius 2 is 1.71 bits per heavy atom. The summed E-state index contributed by atoms with van der Waals surface area (Å²) < 4.78 is 16.1. The quantitative estimate of drug-likeness (QED) is 0.769. The molecule has 1 aromatic heterocycles. The van der Waals surface area contributed by atoms with Gasteiger partial charge in [-0.25, -0.2) is 9.37 Å². The molecule has 2 rings (SSSR count). The second kappa shape index (κ2) is 4.13. The summed E-state index contributed by atoms with van der Waals surface area (Å²) in [7, 11) is 1.90. The van der Waals surface area contributed by atoms with Gasteiger partial charge in [-0.05, 0) is 23.0 Å². The van der Waals surface area contributed by atoms with Crippen LogP contribution in [0.3, 0.4) is 0 Å². The Balaban J connectivity index is 2.89. The van der Waals surface area contributed by atoms with Gasteiger partial charge in [0.2, 0.25) is 0 Å². The lowest BCUT2D eigenvalue weighted by Crippen LogP contribution is -2.04. The van der Waals surface area contributed by atoms with Crippen molar-refractivity contribution in [3.8, 4) is 0 Å². The number of aryl methyl sites for hydroxylation is 1. The van der Waals surface area contributed by atoms with Gasteiger partial charge in [-0.15, -0.1) is 0 Å². The Hall–Kier alpha value is -1.38. The van der Waals surface area contributed by atoms with Crippen molar-refractivity contribution in [2.45, 2.75) is 39.5 Å². The minimum atomic E-state index is -0.111. The lowest BCUT2D eigenvalue weighted by molar-refractivity contribution is 0.592. The molecule has 0 N–H and O–H groups in total. The number of benzene rings is 1. The summed E-state index contributed by atoms with van der Waals surface area (Å²) in [5, 5.41) is 0. The van der Waals surface area contributed by atoms with E-state index >= 15 is 0 Å². The Bertz CT molecular complexity index is 553. The summed E-state index contributed by atoms with van der Waals surface area (Å²) in [5.74, 6) is 0.346. The van der Waals surface area contributed by atoms with Crippen LogP contribution in [0, 0.1) is 5.82 Å². The van der Waals surface area contributed by atoms with Crippen molar-refractivity contribution < 1.29 is 4.39 Å². The van der Waals surface area contributed by atoms with Crippen LogP contribution in [0.4, 0.5) is 4.39 Å². The van der Waals surface area contributed by atoms with Crippen LogP contribution in [0.25, 0.3) is 11.0 Å². The van der Waals surface area contributed by atoms with Crippen molar-refractivity contribution in [3.63, 3.8) is 0 Å². The highest BCUT2D eigenvalue weighted by Gasteiger charge is 2.20. The molecule has 1 aromatic carbocycles. The molecular formula is C14H19FN2. The number of imidazole rings is 1. The van der Waals surface area contributed by atoms with Crippen molar-refractivity contribution in [1.29, 1.82) is 0 Å². The van der Waals surface area contributed by atoms with Gasteiger partial charge < -0.3 is 4.57 Å². The van der Waals surface area contributed by atoms with Crippen molar-refractivity contribution in [2.75, 3.05) is 0 Å². The van der Waals surface area contributed by atoms with E-state index < -0.39 is 0 Å². The van der Waals surface area contributed by atoms with Gasteiger partial charge >= 0.3 is 0 Å². The lowest BCUT2D eigenvalue weighted by atomic mass is 9.89. The molecule has 17 heavy (non-hydrogen) atoms. The number of fused-ring (bicyclic) bond motifs is 1. The van der Waals surface area contributed by atoms with E-state index in [4.69, 9.17) is 0 Å². The summed E-state index contributed by atoms with van der Waals surface area (Å²) in [5.41, 5.74) is 3.67. The van der Waals surface area contributed by atoms with Gasteiger partial charge in [-0.1, -0.05) is 27.7 Å². The van der Waals surface area contributed by atoms with Gasteiger partial charge in [0.05, 0.1) is 17.4 Å². The standard InChI is InChI=1S/C14H19FN2/c1-8(2)12-10(15)6-11-14(13(12)9(3)4)16-7-17(11)5/h6-9H,1-5H3. The summed E-state index contributed by atoms with van der Waals surface area (Å²) in [6.07, 6.45) is 1.75. The van der Waals surface area contributed by atoms with Gasteiger partial charge in [-0.2, -0.15) is 0 Å². The highest BCUT2D eigenvalue weighted by molar-refractivity contribution is 5.81. The van der Waals surface area contributed by atoms with Crippen LogP contribution in [0.2, 0.25) is 0 Å². The zero-order valence-corrected chi connectivity index (χ0v) is 11.1. The molecule has 0 radical (unpaired) electrons. The molecule has 0 saturated carbocycles. The molecular weight excluding hydrogens is 215 g/mol. The Morgan fingerprint density at radius 1 is 1.12 bits per heavy atom. The van der Waals surface area contributed by atoms with Crippen LogP contribution in [-0.2, 0) is 7.05 Å². The fourth-order valence-electron chi connectivity index (χ4n) is 2.44. The van der Waals surface area contributed by atoms with E-state index in [1.54, 1.807) is 12.4 Å². The van der Waals surface area contributed by atoms with Crippen molar-refractivity contribution in [1.82, 2.24) is 9.55 Å². The number of halogens is 1. The zero-order chi connectivity index (χ0) is 12.7. The fourth-order valence-corrected chi connectivity index (χ4v) is 2.44. The van der Waals surface area contributed by atoms with E-state index in [2.05, 4.69) is 18.8 Å². The van der Waals surface area contributed by atoms with Crippen LogP contribution in [-0.4, -0.2) is 9.55 Å². The molecule has 0 aliphatic carbocycles. The Morgan fingerprint density at radius 3 is 2.24 bits per heavy atom. The second-order valence-electron chi connectivity index (χ2n) is 5.22. The van der Waals surface area contributed by atoms with E-state index in [1.165, 1.54) is 0 Å². The molecule has 0 saturated heterocycles. The molecule has 0 bridgehead atoms. The first-order valence-electron chi connectivity index (χ1n) is 6.06. The molecule has 0 spiro atoms. The van der Waals surface area contributed by atoms with Crippen LogP contribution < -0.4 is 0 Å². The molecule has 0 aliphatic rings. The Kier molecular flexibility index (Phi) is 2.94. The average Bonchev–Trinajstić information content (AvgIpc) is 2.57. The zero-order valence-electron chi connectivity index (χ0n) is 11.1. The van der Waals surface area contributed by atoms with Crippen LogP contribution in [0.5, 0.6) is 0 Å². The highest BCUT2D eigenvalue weighted by atomic mass is 19.1. The number of hydrogen-bond acceptors (Lipinski definition) is 1. The smallest absolute Gasteiger partial charge is 0.129 e. The van der Waals surface area contributed by atoms with Crippen LogP contribution in [0.15, 0.2) is 12.4 Å². The highest BCUT2D eigenvalue weighted by Crippen LogP contribution is 2.34. The minimum absolute atomic E-state index is 0.111. The lowest BCUT2D eigenvalue weighted by Gasteiger charge is -2.17. The summed E-state index contributed by atoms with van der Waals surface area (Å²) in [4.78, 5) is 4.42. The molecule has 3 heteroatoms. The summed E-state index contributed by atoms with van der Waals surface area (Å²) in [6.45, 7) is 8.24. The van der Waals surface area contributed by atoms with Crippen LogP contribution >= 0.6 is 0 Å². The molecule has 92 valence electrons. The van der Waals surface area contributed by atoms with E-state index in [1.807, 2.05) is 25.5 Å². The molecule has 0 atom stereocenters. The first kappa shape index (κ1) is 12.1. The number of aromatic nitrogens is 2. The topological polar surface area (TPSA) is 17.8 Å². The normalized spacial score (nSPS) is 12.0. The third kappa shape index (κ3) is 1.84. The van der Waals surface area contributed by atoms with Crippen molar-refractivity contribution in [3.05, 3.63) is 29.3 Å². The number of rotatable bonds is 2. The molecule has 1 heterocycles. The van der Waals surface area contributed by atoms with Gasteiger partial charge in [-0.3, -0.25) is 0 Å². The fraction of sp³-hybridized carbons (Fsp3) is 0.500. The molecule has 0 fully saturated rings. The number of hydrogen-bond donors (Lipinski definition) is 0. The van der Waals surface area contributed by atoms with Crippen molar-refractivity contribution in [2.24, 2.45) is 7.05 Å². The summed E-state index contributed by atoms with van der Waals surface area (Å²) in [6, 6.07) is 1.60. The maximum Gasteiger partial charge on any atom is 0.129 e. The van der Waals surface area contributed by atoms with E-state index in [9.17, 15) is 4.39 Å². The first-order chi connectivity index (χ1) is 7.93. The molecule has 0 unspecified atom stereocenters. The van der Waals surface area contributed by atoms with Crippen LogP contribution in [0.1, 0.15) is 50.7 Å². The first-order valence-corrected chi connectivity index (χ1v) is 6.06. The molecule has 0 amide bonds. The largest absolute Gasteiger partial charge is 0.334 e. The van der Waals surface area contributed by atoms with Gasteiger partial charge in [0.15, 0.2) is 0 Å². The monoisotopic (exact) mass is 234 g/mol. The predicted molar refractivity (Wildman–Crippen MR) is 68.9 cm³/mol. The third-order valence-corrected chi connectivity index (χ3v) is 3.20.